The van der Waals surface area contributed by atoms with Crippen molar-refractivity contribution in [3.8, 4) is 33.4 Å². The molecule has 0 saturated heterocycles. The van der Waals surface area contributed by atoms with Gasteiger partial charge in [-0.15, -0.1) is 0 Å². The van der Waals surface area contributed by atoms with Gasteiger partial charge in [0.2, 0.25) is 0 Å². The van der Waals surface area contributed by atoms with Gasteiger partial charge in [0.1, 0.15) is 0 Å². The summed E-state index contributed by atoms with van der Waals surface area (Å²) < 4.78 is 0. The number of benzene rings is 9. The molecule has 296 valence electrons. The molecule has 2 spiro atoms. The van der Waals surface area contributed by atoms with Crippen molar-refractivity contribution in [3.63, 3.8) is 0 Å². The van der Waals surface area contributed by atoms with E-state index in [9.17, 15) is 0 Å². The molecule has 0 radical (unpaired) electrons. The highest BCUT2D eigenvalue weighted by Gasteiger charge is 2.60. The van der Waals surface area contributed by atoms with Crippen LogP contribution in [0.15, 0.2) is 242 Å². The summed E-state index contributed by atoms with van der Waals surface area (Å²) in [5.74, 6) is 0. The molecule has 63 heavy (non-hydrogen) atoms. The molecule has 0 aliphatic heterocycles. The number of allylic oxidation sites excluding steroid dienone is 4. The molecule has 9 aromatic carbocycles. The van der Waals surface area contributed by atoms with Gasteiger partial charge in [0.15, 0.2) is 0 Å². The van der Waals surface area contributed by atoms with Crippen LogP contribution in [0.2, 0.25) is 0 Å². The lowest BCUT2D eigenvalue weighted by Crippen LogP contribution is -2.45. The van der Waals surface area contributed by atoms with Gasteiger partial charge in [0, 0.05) is 16.9 Å². The zero-order chi connectivity index (χ0) is 41.5. The number of hydrogen-bond donors (Lipinski definition) is 0. The highest BCUT2D eigenvalue weighted by Crippen LogP contribution is 2.69. The van der Waals surface area contributed by atoms with E-state index in [0.29, 0.717) is 0 Å². The minimum Gasteiger partial charge on any atom is -0.310 e. The first-order valence-corrected chi connectivity index (χ1v) is 22.3. The summed E-state index contributed by atoms with van der Waals surface area (Å²) in [5, 5.41) is 0. The molecule has 0 amide bonds. The number of hydrogen-bond acceptors (Lipinski definition) is 1. The largest absolute Gasteiger partial charge is 0.310 e. The van der Waals surface area contributed by atoms with Gasteiger partial charge in [-0.1, -0.05) is 206 Å². The molecular weight excluding hydrogens is 759 g/mol. The summed E-state index contributed by atoms with van der Waals surface area (Å²) in [5.41, 5.74) is 23.4. The number of nitrogens with zero attached hydrogens (tertiary/aromatic N) is 1. The van der Waals surface area contributed by atoms with E-state index in [-0.39, 0.29) is 0 Å². The van der Waals surface area contributed by atoms with Crippen LogP contribution in [0.3, 0.4) is 0 Å². The average Bonchev–Trinajstić information content (AvgIpc) is 3.83. The Morgan fingerprint density at radius 2 is 0.762 bits per heavy atom. The van der Waals surface area contributed by atoms with Crippen LogP contribution in [0.5, 0.6) is 0 Å². The van der Waals surface area contributed by atoms with Gasteiger partial charge in [-0.25, -0.2) is 0 Å². The fourth-order valence-electron chi connectivity index (χ4n) is 12.0. The maximum absolute atomic E-state index is 2.54. The van der Waals surface area contributed by atoms with Crippen molar-refractivity contribution in [1.29, 1.82) is 0 Å². The van der Waals surface area contributed by atoms with Crippen molar-refractivity contribution in [1.82, 2.24) is 0 Å². The third kappa shape index (κ3) is 4.94. The second-order valence-electron chi connectivity index (χ2n) is 17.4. The lowest BCUT2D eigenvalue weighted by atomic mass is 9.51. The van der Waals surface area contributed by atoms with Gasteiger partial charge < -0.3 is 4.90 Å². The third-order valence-electron chi connectivity index (χ3n) is 14.4. The zero-order valence-electron chi connectivity index (χ0n) is 34.9. The Bertz CT molecular complexity index is 3190. The molecule has 0 N–H and O–H groups in total. The zero-order valence-corrected chi connectivity index (χ0v) is 34.9. The summed E-state index contributed by atoms with van der Waals surface area (Å²) >= 11 is 0. The number of anilines is 3. The monoisotopic (exact) mass is 801 g/mol. The Morgan fingerprint density at radius 3 is 1.32 bits per heavy atom. The van der Waals surface area contributed by atoms with Crippen LogP contribution in [-0.2, 0) is 10.8 Å². The second-order valence-corrected chi connectivity index (χ2v) is 17.4. The van der Waals surface area contributed by atoms with Gasteiger partial charge in [0.05, 0.1) is 16.5 Å². The number of rotatable bonds is 5. The first-order valence-electron chi connectivity index (χ1n) is 22.3. The molecule has 0 saturated carbocycles. The SMILES string of the molecule is C1=CC2=C(CC1)c1ccccc1C21c2ccccc2C2(c3ccccc3-c3ccccc32)c2c(N(c3ccc(-c4ccccc4)cc3)c3ccc(-c4ccccc4)cc3)cccc21. The first kappa shape index (κ1) is 36.0. The Balaban J connectivity index is 1.17. The molecule has 4 aliphatic carbocycles. The highest BCUT2D eigenvalue weighted by atomic mass is 15.1. The fourth-order valence-corrected chi connectivity index (χ4v) is 12.0. The van der Waals surface area contributed by atoms with Crippen molar-refractivity contribution >= 4 is 22.6 Å². The van der Waals surface area contributed by atoms with Gasteiger partial charge in [-0.3, -0.25) is 0 Å². The van der Waals surface area contributed by atoms with Gasteiger partial charge in [-0.05, 0) is 127 Å². The topological polar surface area (TPSA) is 3.24 Å². The quantitative estimate of drug-likeness (QED) is 0.168. The van der Waals surface area contributed by atoms with Gasteiger partial charge in [0.25, 0.3) is 0 Å². The fraction of sp³-hybridized carbons (Fsp3) is 0.0645. The summed E-state index contributed by atoms with van der Waals surface area (Å²) in [6, 6.07) is 84.2. The van der Waals surface area contributed by atoms with Crippen LogP contribution in [0.1, 0.15) is 57.3 Å². The van der Waals surface area contributed by atoms with Crippen molar-refractivity contribution < 1.29 is 0 Å². The van der Waals surface area contributed by atoms with E-state index in [1.54, 1.807) is 0 Å². The minimum atomic E-state index is -0.621. The first-order chi connectivity index (χ1) is 31.3. The molecule has 0 heterocycles. The molecule has 1 heteroatoms. The molecule has 4 aliphatic rings. The van der Waals surface area contributed by atoms with E-state index in [0.717, 1.165) is 24.2 Å². The standard InChI is InChI=1S/C62H43N/c1-3-18-42(19-4-1)44-34-38-46(39-35-44)63(47-40-36-45(37-41-47)43-20-5-2-6-21-43)59-33-17-32-58-60(59)62(54-28-13-9-24-50(54)51-25-10-14-29-55(51)62)57-31-16-15-30-56(57)61(58)52-26-11-7-22-48(52)49-23-8-12-27-53(49)61/h1-7,9-22,24-41H,8,23H2. The predicted molar refractivity (Wildman–Crippen MR) is 261 cm³/mol. The van der Waals surface area contributed by atoms with E-state index < -0.39 is 10.8 Å². The molecule has 0 bridgehead atoms. The van der Waals surface area contributed by atoms with Gasteiger partial charge >= 0.3 is 0 Å². The summed E-state index contributed by atoms with van der Waals surface area (Å²) in [4.78, 5) is 2.54. The van der Waals surface area contributed by atoms with Crippen molar-refractivity contribution in [2.75, 3.05) is 4.90 Å². The molecule has 0 fully saturated rings. The molecule has 9 aromatic rings. The van der Waals surface area contributed by atoms with Gasteiger partial charge in [-0.2, -0.15) is 0 Å². The average molecular weight is 802 g/mol. The Hall–Kier alpha value is -7.74. The van der Waals surface area contributed by atoms with Crippen molar-refractivity contribution in [2.24, 2.45) is 0 Å². The van der Waals surface area contributed by atoms with Crippen LogP contribution < -0.4 is 4.90 Å². The van der Waals surface area contributed by atoms with Crippen molar-refractivity contribution in [2.45, 2.75) is 23.7 Å². The molecular formula is C62H43N. The number of fused-ring (bicyclic) bond motifs is 15. The maximum atomic E-state index is 2.54. The molecule has 13 rings (SSSR count). The molecule has 1 unspecified atom stereocenters. The Kier molecular flexibility index (Phi) is 7.93. The third-order valence-corrected chi connectivity index (χ3v) is 14.4. The summed E-state index contributed by atoms with van der Waals surface area (Å²) in [7, 11) is 0. The smallest absolute Gasteiger partial charge is 0.0740 e. The van der Waals surface area contributed by atoms with Crippen LogP contribution in [0.4, 0.5) is 17.1 Å². The highest BCUT2D eigenvalue weighted by molar-refractivity contribution is 5.97. The normalized spacial score (nSPS) is 16.8. The van der Waals surface area contributed by atoms with E-state index in [1.165, 1.54) is 94.7 Å². The Labute approximate surface area is 369 Å². The van der Waals surface area contributed by atoms with Crippen LogP contribution >= 0.6 is 0 Å². The maximum Gasteiger partial charge on any atom is 0.0740 e. The second kappa shape index (κ2) is 13.9. The molecule has 0 aromatic heterocycles. The summed E-state index contributed by atoms with van der Waals surface area (Å²) in [6.45, 7) is 0. The van der Waals surface area contributed by atoms with Crippen LogP contribution in [-0.4, -0.2) is 0 Å². The van der Waals surface area contributed by atoms with Crippen LogP contribution in [0.25, 0.3) is 39.0 Å². The predicted octanol–water partition coefficient (Wildman–Crippen LogP) is 15.6. The molecule has 1 atom stereocenters. The summed E-state index contributed by atoms with van der Waals surface area (Å²) in [6.07, 6.45) is 6.97. The lowest BCUT2D eigenvalue weighted by Gasteiger charge is -2.51. The minimum absolute atomic E-state index is 0.525. The Morgan fingerprint density at radius 1 is 0.333 bits per heavy atom. The van der Waals surface area contributed by atoms with E-state index in [4.69, 9.17) is 0 Å². The van der Waals surface area contributed by atoms with E-state index in [2.05, 4.69) is 242 Å². The van der Waals surface area contributed by atoms with Crippen LogP contribution in [0, 0.1) is 0 Å². The lowest BCUT2D eigenvalue weighted by molar-refractivity contribution is 0.629. The van der Waals surface area contributed by atoms with Crippen molar-refractivity contribution in [3.05, 3.63) is 287 Å². The molecule has 1 nitrogen and oxygen atoms in total. The van der Waals surface area contributed by atoms with E-state index >= 15 is 0 Å². The van der Waals surface area contributed by atoms with E-state index in [1.807, 2.05) is 0 Å².